The van der Waals surface area contributed by atoms with Crippen molar-refractivity contribution in [2.75, 3.05) is 33.0 Å². The van der Waals surface area contributed by atoms with Gasteiger partial charge in [0.2, 0.25) is 5.91 Å². The van der Waals surface area contributed by atoms with Gasteiger partial charge in [-0.25, -0.2) is 0 Å². The third kappa shape index (κ3) is 3.50. The number of amides is 2. The van der Waals surface area contributed by atoms with Gasteiger partial charge in [0.15, 0.2) is 0 Å². The maximum absolute atomic E-state index is 12.3. The van der Waals surface area contributed by atoms with E-state index in [-0.39, 0.29) is 23.7 Å². The fraction of sp³-hybridized carbons (Fsp3) is 0.467. The summed E-state index contributed by atoms with van der Waals surface area (Å²) in [6.45, 7) is 2.74. The van der Waals surface area contributed by atoms with Crippen LogP contribution in [-0.4, -0.2) is 53.9 Å². The van der Waals surface area contributed by atoms with Crippen LogP contribution in [0, 0.1) is 0 Å². The number of ether oxygens (including phenoxy) is 1. The molecule has 1 aromatic rings. The van der Waals surface area contributed by atoms with E-state index in [1.807, 2.05) is 31.2 Å². The first-order chi connectivity index (χ1) is 10.0. The van der Waals surface area contributed by atoms with E-state index in [0.29, 0.717) is 6.54 Å². The minimum absolute atomic E-state index is 0.0123. The molecule has 1 atom stereocenters. The van der Waals surface area contributed by atoms with Crippen molar-refractivity contribution in [3.05, 3.63) is 29.8 Å². The van der Waals surface area contributed by atoms with Crippen molar-refractivity contribution >= 4 is 22.9 Å². The first kappa shape index (κ1) is 15.7. The molecular formula is C15H20N2O3S. The number of benzene rings is 1. The number of likely N-dealkylation sites (N-methyl/N-ethyl adjacent to an activating group) is 1. The van der Waals surface area contributed by atoms with Crippen LogP contribution >= 0.6 is 11.8 Å². The van der Waals surface area contributed by atoms with Crippen molar-refractivity contribution in [2.45, 2.75) is 13.0 Å². The highest BCUT2D eigenvalue weighted by Gasteiger charge is 2.27. The van der Waals surface area contributed by atoms with Gasteiger partial charge in [-0.3, -0.25) is 9.59 Å². The molecule has 1 aliphatic heterocycles. The van der Waals surface area contributed by atoms with Crippen molar-refractivity contribution in [3.63, 3.8) is 0 Å². The summed E-state index contributed by atoms with van der Waals surface area (Å²) in [6.07, 6.45) is 0. The highest BCUT2D eigenvalue weighted by Crippen LogP contribution is 2.28. The molecule has 0 aromatic heterocycles. The quantitative estimate of drug-likeness (QED) is 0.838. The zero-order valence-electron chi connectivity index (χ0n) is 12.5. The molecule has 1 heterocycles. The molecule has 21 heavy (non-hydrogen) atoms. The normalized spacial score (nSPS) is 16.0. The number of methoxy groups -OCH3 is 1. The lowest BCUT2D eigenvalue weighted by molar-refractivity contribution is -0.132. The molecule has 0 spiro atoms. The molecule has 2 amide bonds. The van der Waals surface area contributed by atoms with Crippen LogP contribution in [0.4, 0.5) is 4.79 Å². The molecule has 114 valence electrons. The minimum atomic E-state index is -0.112. The van der Waals surface area contributed by atoms with E-state index in [4.69, 9.17) is 4.74 Å². The maximum Gasteiger partial charge on any atom is 0.282 e. The molecule has 2 rings (SSSR count). The van der Waals surface area contributed by atoms with Gasteiger partial charge in [0.05, 0.1) is 13.2 Å². The van der Waals surface area contributed by atoms with Crippen LogP contribution in [0.1, 0.15) is 18.5 Å². The van der Waals surface area contributed by atoms with E-state index in [0.717, 1.165) is 17.1 Å². The van der Waals surface area contributed by atoms with E-state index >= 15 is 0 Å². The Hall–Kier alpha value is -1.69. The third-order valence-electron chi connectivity index (χ3n) is 3.73. The topological polar surface area (TPSA) is 49.9 Å². The summed E-state index contributed by atoms with van der Waals surface area (Å²) in [4.78, 5) is 27.2. The molecule has 1 aliphatic rings. The average Bonchev–Trinajstić information content (AvgIpc) is 2.90. The van der Waals surface area contributed by atoms with Gasteiger partial charge in [0.1, 0.15) is 12.3 Å². The fourth-order valence-electron chi connectivity index (χ4n) is 2.28. The molecule has 5 nitrogen and oxygen atoms in total. The van der Waals surface area contributed by atoms with Crippen LogP contribution in [0.3, 0.4) is 0 Å². The van der Waals surface area contributed by atoms with Crippen molar-refractivity contribution in [1.29, 1.82) is 0 Å². The van der Waals surface area contributed by atoms with E-state index < -0.39 is 0 Å². The van der Waals surface area contributed by atoms with Gasteiger partial charge in [0, 0.05) is 24.9 Å². The Bertz CT molecular complexity index is 535. The van der Waals surface area contributed by atoms with E-state index in [1.54, 1.807) is 24.0 Å². The number of carbonyl (C=O) groups is 2. The van der Waals surface area contributed by atoms with Crippen molar-refractivity contribution in [1.82, 2.24) is 9.80 Å². The van der Waals surface area contributed by atoms with Crippen molar-refractivity contribution in [2.24, 2.45) is 0 Å². The summed E-state index contributed by atoms with van der Waals surface area (Å²) in [5.41, 5.74) is 0.956. The van der Waals surface area contributed by atoms with Crippen LogP contribution < -0.4 is 4.74 Å². The first-order valence-electron chi connectivity index (χ1n) is 6.85. The van der Waals surface area contributed by atoms with Gasteiger partial charge in [-0.05, 0) is 13.0 Å². The minimum Gasteiger partial charge on any atom is -0.496 e. The molecule has 0 aliphatic carbocycles. The molecular weight excluding hydrogens is 288 g/mol. The van der Waals surface area contributed by atoms with Gasteiger partial charge in [-0.15, -0.1) is 0 Å². The predicted molar refractivity (Wildman–Crippen MR) is 83.6 cm³/mol. The first-order valence-corrected chi connectivity index (χ1v) is 7.83. The number of hydrogen-bond donors (Lipinski definition) is 0. The average molecular weight is 308 g/mol. The van der Waals surface area contributed by atoms with Gasteiger partial charge >= 0.3 is 0 Å². The molecule has 0 bridgehead atoms. The summed E-state index contributed by atoms with van der Waals surface area (Å²) >= 11 is 1.27. The Morgan fingerprint density at radius 1 is 1.48 bits per heavy atom. The fourth-order valence-corrected chi connectivity index (χ4v) is 3.11. The Balaban J connectivity index is 2.06. The zero-order chi connectivity index (χ0) is 15.4. The van der Waals surface area contributed by atoms with Crippen LogP contribution in [0.15, 0.2) is 24.3 Å². The molecule has 1 fully saturated rings. The summed E-state index contributed by atoms with van der Waals surface area (Å²) in [5.74, 6) is 1.46. The molecule has 0 N–H and O–H groups in total. The van der Waals surface area contributed by atoms with E-state index in [2.05, 4.69) is 0 Å². The van der Waals surface area contributed by atoms with Crippen LogP contribution in [0.2, 0.25) is 0 Å². The lowest BCUT2D eigenvalue weighted by Gasteiger charge is -2.28. The van der Waals surface area contributed by atoms with Crippen LogP contribution in [0.5, 0.6) is 5.75 Å². The van der Waals surface area contributed by atoms with Crippen molar-refractivity contribution in [3.8, 4) is 5.75 Å². The Morgan fingerprint density at radius 3 is 2.81 bits per heavy atom. The van der Waals surface area contributed by atoms with Crippen LogP contribution in [-0.2, 0) is 4.79 Å². The molecule has 1 unspecified atom stereocenters. The monoisotopic (exact) mass is 308 g/mol. The molecule has 1 saturated heterocycles. The number of para-hydroxylation sites is 1. The van der Waals surface area contributed by atoms with Gasteiger partial charge in [-0.1, -0.05) is 30.0 Å². The Kier molecular flexibility index (Phi) is 5.12. The number of hydrogen-bond acceptors (Lipinski definition) is 4. The molecule has 1 aromatic carbocycles. The second-order valence-electron chi connectivity index (χ2n) is 4.96. The maximum atomic E-state index is 12.3. The molecule has 0 saturated carbocycles. The predicted octanol–water partition coefficient (Wildman–Crippen LogP) is 2.38. The Morgan fingerprint density at radius 2 is 2.19 bits per heavy atom. The highest BCUT2D eigenvalue weighted by atomic mass is 32.2. The number of nitrogens with zero attached hydrogens (tertiary/aromatic N) is 2. The zero-order valence-corrected chi connectivity index (χ0v) is 13.4. The number of carbonyl (C=O) groups excluding carboxylic acids is 2. The smallest absolute Gasteiger partial charge is 0.282 e. The van der Waals surface area contributed by atoms with Gasteiger partial charge in [-0.2, -0.15) is 0 Å². The highest BCUT2D eigenvalue weighted by molar-refractivity contribution is 8.13. The van der Waals surface area contributed by atoms with Gasteiger partial charge in [0.25, 0.3) is 5.24 Å². The van der Waals surface area contributed by atoms with E-state index in [1.165, 1.54) is 11.8 Å². The lowest BCUT2D eigenvalue weighted by atomic mass is 10.1. The summed E-state index contributed by atoms with van der Waals surface area (Å²) < 4.78 is 5.34. The largest absolute Gasteiger partial charge is 0.496 e. The standard InChI is InChI=1S/C15H20N2O3S/c1-11(12-6-4-5-7-13(12)20-3)16(2)14(18)10-17-8-9-21-15(17)19/h4-7,11H,8-10H2,1-3H3. The van der Waals surface area contributed by atoms with Crippen LogP contribution in [0.25, 0.3) is 0 Å². The van der Waals surface area contributed by atoms with Crippen molar-refractivity contribution < 1.29 is 14.3 Å². The van der Waals surface area contributed by atoms with E-state index in [9.17, 15) is 9.59 Å². The third-order valence-corrected chi connectivity index (χ3v) is 4.63. The number of thioether (sulfide) groups is 1. The molecule has 6 heteroatoms. The molecule has 0 radical (unpaired) electrons. The summed E-state index contributed by atoms with van der Waals surface area (Å²) in [6, 6.07) is 7.54. The lowest BCUT2D eigenvalue weighted by Crippen LogP contribution is -2.39. The van der Waals surface area contributed by atoms with Gasteiger partial charge < -0.3 is 14.5 Å². The SMILES string of the molecule is COc1ccccc1C(C)N(C)C(=O)CN1CCSC1=O. The second kappa shape index (κ2) is 6.85. The summed E-state index contributed by atoms with van der Waals surface area (Å²) in [5, 5.41) is -0.0123. The Labute approximate surface area is 129 Å². The second-order valence-corrected chi connectivity index (χ2v) is 6.00. The number of rotatable bonds is 5. The summed E-state index contributed by atoms with van der Waals surface area (Å²) in [7, 11) is 3.38.